The van der Waals surface area contributed by atoms with Crippen molar-refractivity contribution >= 4 is 47.1 Å². The Hall–Kier alpha value is -3.30. The summed E-state index contributed by atoms with van der Waals surface area (Å²) in [6, 6.07) is 11.9. The number of esters is 2. The Kier molecular flexibility index (Phi) is 12.7. The van der Waals surface area contributed by atoms with Crippen LogP contribution in [0.25, 0.3) is 11.1 Å². The number of cyclic esters (lactones) is 1. The molecule has 234 valence electrons. The number of halogens is 2. The molecule has 0 aliphatic carbocycles. The third-order valence-electron chi connectivity index (χ3n) is 7.02. The maximum Gasteiger partial charge on any atom is 0.407 e. The third-order valence-corrected chi connectivity index (χ3v) is 7.46. The number of benzene rings is 2. The van der Waals surface area contributed by atoms with Crippen LogP contribution < -0.4 is 10.6 Å². The van der Waals surface area contributed by atoms with Crippen LogP contribution in [0, 0.1) is 11.8 Å². The monoisotopic (exact) mass is 634 g/mol. The zero-order valence-electron chi connectivity index (χ0n) is 25.0. The van der Waals surface area contributed by atoms with Crippen LogP contribution in [-0.4, -0.2) is 55.8 Å². The summed E-state index contributed by atoms with van der Waals surface area (Å²) in [4.78, 5) is 52.2. The molecule has 9 nitrogen and oxygen atoms in total. The summed E-state index contributed by atoms with van der Waals surface area (Å²) in [5.41, 5.74) is 1.73. The van der Waals surface area contributed by atoms with Crippen molar-refractivity contribution < 1.29 is 33.4 Å². The zero-order chi connectivity index (χ0) is 31.6. The Labute approximate surface area is 262 Å². The first-order valence-corrected chi connectivity index (χ1v) is 15.2. The molecule has 3 atom stereocenters. The minimum Gasteiger partial charge on any atom is -0.467 e. The Bertz CT molecular complexity index is 1260. The van der Waals surface area contributed by atoms with Gasteiger partial charge in [-0.25, -0.2) is 9.59 Å². The molecule has 0 unspecified atom stereocenters. The molecule has 1 saturated heterocycles. The van der Waals surface area contributed by atoms with Gasteiger partial charge < -0.3 is 24.8 Å². The number of alkyl carbamates (subject to hydrolysis) is 1. The normalized spacial score (nSPS) is 20.8. The number of amides is 2. The molecular formula is C32H40Cl2N2O7. The summed E-state index contributed by atoms with van der Waals surface area (Å²) in [6.45, 7) is 5.71. The fraction of sp³-hybridized carbons (Fsp3) is 0.500. The molecule has 2 amide bonds. The third kappa shape index (κ3) is 11.0. The number of methoxy groups -OCH3 is 1. The molecule has 3 rings (SSSR count). The number of rotatable bonds is 5. The van der Waals surface area contributed by atoms with Gasteiger partial charge in [-0.2, -0.15) is 0 Å². The van der Waals surface area contributed by atoms with E-state index in [1.54, 1.807) is 26.8 Å². The van der Waals surface area contributed by atoms with Gasteiger partial charge in [-0.1, -0.05) is 47.5 Å². The summed E-state index contributed by atoms with van der Waals surface area (Å²) >= 11 is 12.4. The van der Waals surface area contributed by atoms with Crippen LogP contribution in [0.1, 0.15) is 58.4 Å². The lowest BCUT2D eigenvalue weighted by molar-refractivity contribution is -0.164. The van der Waals surface area contributed by atoms with Crippen LogP contribution in [0.5, 0.6) is 0 Å². The van der Waals surface area contributed by atoms with E-state index in [0.717, 1.165) is 16.7 Å². The van der Waals surface area contributed by atoms with E-state index in [1.165, 1.54) is 7.11 Å². The number of carbonyl (C=O) groups excluding carboxylic acids is 4. The van der Waals surface area contributed by atoms with E-state index in [2.05, 4.69) is 10.6 Å². The van der Waals surface area contributed by atoms with E-state index >= 15 is 0 Å². The molecule has 11 heteroatoms. The number of nitrogens with one attached hydrogen (secondary N) is 2. The molecule has 2 N–H and O–H groups in total. The molecule has 0 radical (unpaired) electrons. The van der Waals surface area contributed by atoms with Crippen molar-refractivity contribution in [2.45, 2.75) is 70.9 Å². The standard InChI is InChI=1S/C32H40Cl2N2O7/c1-32(2,3)43-29(38)25-8-7-15-42-31(40)35-14-6-5-9-27(30(39)41-4)36-28(37)26(25)16-20-10-12-21(13-11-20)22-17-23(33)19-24(34)18-22/h10-13,17-19,25-27H,5-9,14-16H2,1-4H3,(H,35,40)(H,36,37)/t25-,26+,27-/m0/s1. The van der Waals surface area contributed by atoms with Gasteiger partial charge in [-0.15, -0.1) is 0 Å². The zero-order valence-corrected chi connectivity index (χ0v) is 26.6. The first-order valence-electron chi connectivity index (χ1n) is 14.4. The van der Waals surface area contributed by atoms with Crippen LogP contribution in [-0.2, 0) is 35.0 Å². The highest BCUT2D eigenvalue weighted by Crippen LogP contribution is 2.30. The average molecular weight is 636 g/mol. The highest BCUT2D eigenvalue weighted by Gasteiger charge is 2.38. The van der Waals surface area contributed by atoms with E-state index in [4.69, 9.17) is 37.4 Å². The average Bonchev–Trinajstić information content (AvgIpc) is 2.93. The first-order chi connectivity index (χ1) is 20.4. The summed E-state index contributed by atoms with van der Waals surface area (Å²) in [5, 5.41) is 6.55. The quantitative estimate of drug-likeness (QED) is 0.300. The van der Waals surface area contributed by atoms with Crippen LogP contribution in [0.3, 0.4) is 0 Å². The molecule has 43 heavy (non-hydrogen) atoms. The smallest absolute Gasteiger partial charge is 0.407 e. The lowest BCUT2D eigenvalue weighted by atomic mass is 9.82. The SMILES string of the molecule is COC(=O)[C@@H]1CCCCNC(=O)OCCC[C@H](C(=O)OC(C)(C)C)[C@@H](Cc2ccc(-c3cc(Cl)cc(Cl)c3)cc2)C(=O)N1. The molecule has 1 heterocycles. The minimum absolute atomic E-state index is 0.0706. The molecule has 2 aromatic carbocycles. The van der Waals surface area contributed by atoms with Crippen molar-refractivity contribution in [1.29, 1.82) is 0 Å². The molecule has 0 bridgehead atoms. The first kappa shape index (κ1) is 34.2. The highest BCUT2D eigenvalue weighted by molar-refractivity contribution is 6.35. The van der Waals surface area contributed by atoms with Gasteiger partial charge in [0.05, 0.1) is 25.6 Å². The number of hydrogen-bond acceptors (Lipinski definition) is 7. The number of carbonyl (C=O) groups is 4. The summed E-state index contributed by atoms with van der Waals surface area (Å²) in [5.74, 6) is -3.33. The maximum absolute atomic E-state index is 13.9. The molecule has 1 aliphatic heterocycles. The van der Waals surface area contributed by atoms with Gasteiger partial charge in [-0.3, -0.25) is 9.59 Å². The second-order valence-electron chi connectivity index (χ2n) is 11.6. The molecule has 2 aromatic rings. The van der Waals surface area contributed by atoms with Crippen molar-refractivity contribution in [2.75, 3.05) is 20.3 Å². The summed E-state index contributed by atoms with van der Waals surface area (Å²) in [6.07, 6.45) is 1.61. The van der Waals surface area contributed by atoms with Crippen LogP contribution in [0.2, 0.25) is 10.0 Å². The highest BCUT2D eigenvalue weighted by atomic mass is 35.5. The molecular weight excluding hydrogens is 595 g/mol. The van der Waals surface area contributed by atoms with Gasteiger partial charge in [0.1, 0.15) is 11.6 Å². The molecule has 1 aliphatic rings. The van der Waals surface area contributed by atoms with Crippen LogP contribution >= 0.6 is 23.2 Å². The number of hydrogen-bond donors (Lipinski definition) is 2. The molecule has 0 saturated carbocycles. The van der Waals surface area contributed by atoms with Gasteiger partial charge in [0, 0.05) is 16.6 Å². The Morgan fingerprint density at radius 2 is 1.60 bits per heavy atom. The van der Waals surface area contributed by atoms with Crippen molar-refractivity contribution in [2.24, 2.45) is 11.8 Å². The van der Waals surface area contributed by atoms with Crippen molar-refractivity contribution in [3.8, 4) is 11.1 Å². The predicted molar refractivity (Wildman–Crippen MR) is 165 cm³/mol. The predicted octanol–water partition coefficient (Wildman–Crippen LogP) is 6.13. The van der Waals surface area contributed by atoms with Gasteiger partial charge in [0.25, 0.3) is 0 Å². The second-order valence-corrected chi connectivity index (χ2v) is 12.5. The maximum atomic E-state index is 13.9. The summed E-state index contributed by atoms with van der Waals surface area (Å²) < 4.78 is 16.0. The van der Waals surface area contributed by atoms with Crippen molar-refractivity contribution in [3.05, 3.63) is 58.1 Å². The van der Waals surface area contributed by atoms with Crippen LogP contribution in [0.4, 0.5) is 4.79 Å². The van der Waals surface area contributed by atoms with Gasteiger partial charge in [0.15, 0.2) is 0 Å². The fourth-order valence-electron chi connectivity index (χ4n) is 4.94. The topological polar surface area (TPSA) is 120 Å². The molecule has 0 aromatic heterocycles. The van der Waals surface area contributed by atoms with E-state index in [9.17, 15) is 19.2 Å². The Balaban J connectivity index is 1.97. The largest absolute Gasteiger partial charge is 0.467 e. The summed E-state index contributed by atoms with van der Waals surface area (Å²) in [7, 11) is 1.26. The molecule has 1 fully saturated rings. The van der Waals surface area contributed by atoms with Gasteiger partial charge in [0.2, 0.25) is 5.91 Å². The van der Waals surface area contributed by atoms with Gasteiger partial charge >= 0.3 is 18.0 Å². The minimum atomic E-state index is -0.911. The lowest BCUT2D eigenvalue weighted by Crippen LogP contribution is -2.48. The Morgan fingerprint density at radius 3 is 2.23 bits per heavy atom. The van der Waals surface area contributed by atoms with Gasteiger partial charge in [-0.05, 0) is 94.2 Å². The van der Waals surface area contributed by atoms with E-state index in [0.29, 0.717) is 42.3 Å². The van der Waals surface area contributed by atoms with E-state index in [1.807, 2.05) is 36.4 Å². The van der Waals surface area contributed by atoms with Crippen LogP contribution in [0.15, 0.2) is 42.5 Å². The number of ether oxygens (including phenoxy) is 3. The van der Waals surface area contributed by atoms with E-state index in [-0.39, 0.29) is 19.4 Å². The second kappa shape index (κ2) is 16.0. The van der Waals surface area contributed by atoms with E-state index < -0.39 is 47.4 Å². The van der Waals surface area contributed by atoms with Crippen molar-refractivity contribution in [1.82, 2.24) is 10.6 Å². The van der Waals surface area contributed by atoms with Crippen molar-refractivity contribution in [3.63, 3.8) is 0 Å². The Morgan fingerprint density at radius 1 is 0.930 bits per heavy atom. The lowest BCUT2D eigenvalue weighted by Gasteiger charge is -2.30. The fourth-order valence-corrected chi connectivity index (χ4v) is 5.47. The molecule has 0 spiro atoms.